The maximum atomic E-state index is 13.9. The second-order valence-corrected chi connectivity index (χ2v) is 10.5. The second kappa shape index (κ2) is 9.22. The van der Waals surface area contributed by atoms with Crippen LogP contribution in [0.2, 0.25) is 5.02 Å². The molecule has 0 saturated heterocycles. The van der Waals surface area contributed by atoms with Crippen LogP contribution in [0.5, 0.6) is 0 Å². The first kappa shape index (κ1) is 23.7. The molecule has 0 bridgehead atoms. The normalized spacial score (nSPS) is 11.5. The van der Waals surface area contributed by atoms with Crippen LogP contribution in [0.1, 0.15) is 10.4 Å². The lowest BCUT2D eigenvalue weighted by molar-refractivity contribution is 0.102. The lowest BCUT2D eigenvalue weighted by atomic mass is 9.99. The number of amides is 1. The fraction of sp³-hybridized carbons (Fsp3) is 0.0370. The Hall–Kier alpha value is -4.01. The van der Waals surface area contributed by atoms with E-state index in [2.05, 4.69) is 10.3 Å². The fourth-order valence-corrected chi connectivity index (χ4v) is 4.65. The molecular weight excluding hydrogens is 503 g/mol. The van der Waals surface area contributed by atoms with Crippen molar-refractivity contribution in [3.8, 4) is 22.6 Å². The van der Waals surface area contributed by atoms with Gasteiger partial charge in [-0.3, -0.25) is 4.79 Å². The number of oxazole rings is 1. The number of halogens is 2. The largest absolute Gasteiger partial charge is 0.436 e. The molecule has 0 aliphatic carbocycles. The van der Waals surface area contributed by atoms with Gasteiger partial charge in [-0.2, -0.15) is 0 Å². The minimum Gasteiger partial charge on any atom is -0.436 e. The van der Waals surface area contributed by atoms with E-state index in [0.29, 0.717) is 38.8 Å². The molecule has 0 aliphatic heterocycles. The number of anilines is 1. The molecular formula is C27H18ClFN2O4S. The maximum absolute atomic E-state index is 13.9. The zero-order chi connectivity index (χ0) is 25.4. The molecule has 0 unspecified atom stereocenters. The first-order valence-corrected chi connectivity index (χ1v) is 13.0. The van der Waals surface area contributed by atoms with Gasteiger partial charge in [0.1, 0.15) is 11.3 Å². The van der Waals surface area contributed by atoms with E-state index in [1.54, 1.807) is 30.3 Å². The van der Waals surface area contributed by atoms with Crippen LogP contribution in [-0.4, -0.2) is 25.6 Å². The summed E-state index contributed by atoms with van der Waals surface area (Å²) in [6, 6.07) is 21.9. The number of nitrogens with zero attached hydrogens (tertiary/aromatic N) is 1. The number of sulfone groups is 1. The third kappa shape index (κ3) is 4.73. The Morgan fingerprint density at radius 3 is 2.50 bits per heavy atom. The molecule has 9 heteroatoms. The van der Waals surface area contributed by atoms with Gasteiger partial charge in [-0.05, 0) is 71.8 Å². The van der Waals surface area contributed by atoms with Crippen molar-refractivity contribution >= 4 is 44.1 Å². The van der Waals surface area contributed by atoms with Gasteiger partial charge in [-0.25, -0.2) is 17.8 Å². The zero-order valence-electron chi connectivity index (χ0n) is 18.8. The summed E-state index contributed by atoms with van der Waals surface area (Å²) >= 11 is 6.39. The molecule has 6 nitrogen and oxygen atoms in total. The topological polar surface area (TPSA) is 89.3 Å². The molecule has 0 aliphatic rings. The van der Waals surface area contributed by atoms with E-state index < -0.39 is 21.6 Å². The highest BCUT2D eigenvalue weighted by molar-refractivity contribution is 7.90. The number of rotatable bonds is 5. The summed E-state index contributed by atoms with van der Waals surface area (Å²) < 4.78 is 44.0. The van der Waals surface area contributed by atoms with Crippen molar-refractivity contribution in [1.82, 2.24) is 4.98 Å². The van der Waals surface area contributed by atoms with Gasteiger partial charge in [-0.1, -0.05) is 35.9 Å². The summed E-state index contributed by atoms with van der Waals surface area (Å²) in [4.78, 5) is 17.8. The quantitative estimate of drug-likeness (QED) is 0.281. The van der Waals surface area contributed by atoms with Crippen LogP contribution in [0.3, 0.4) is 0 Å². The first-order chi connectivity index (χ1) is 17.2. The highest BCUT2D eigenvalue weighted by atomic mass is 35.5. The molecule has 1 N–H and O–H groups in total. The Morgan fingerprint density at radius 1 is 0.944 bits per heavy atom. The van der Waals surface area contributed by atoms with Crippen LogP contribution in [0.25, 0.3) is 33.7 Å². The van der Waals surface area contributed by atoms with Gasteiger partial charge in [0.05, 0.1) is 15.5 Å². The van der Waals surface area contributed by atoms with Gasteiger partial charge in [-0.15, -0.1) is 0 Å². The Kier molecular flexibility index (Phi) is 6.07. The predicted octanol–water partition coefficient (Wildman–Crippen LogP) is 6.61. The second-order valence-electron chi connectivity index (χ2n) is 8.13. The van der Waals surface area contributed by atoms with Crippen molar-refractivity contribution in [2.45, 2.75) is 4.90 Å². The van der Waals surface area contributed by atoms with Gasteiger partial charge < -0.3 is 9.73 Å². The number of hydrogen-bond donors (Lipinski definition) is 1. The van der Waals surface area contributed by atoms with Crippen LogP contribution >= 0.6 is 11.6 Å². The van der Waals surface area contributed by atoms with E-state index in [1.807, 2.05) is 18.2 Å². The lowest BCUT2D eigenvalue weighted by Crippen LogP contribution is -2.14. The minimum atomic E-state index is -3.55. The molecule has 1 heterocycles. The molecule has 4 aromatic carbocycles. The predicted molar refractivity (Wildman–Crippen MR) is 137 cm³/mol. The first-order valence-electron chi connectivity index (χ1n) is 10.8. The van der Waals surface area contributed by atoms with Crippen molar-refractivity contribution in [2.75, 3.05) is 11.6 Å². The number of carbonyl (C=O) groups is 1. The van der Waals surface area contributed by atoms with Crippen molar-refractivity contribution < 1.29 is 22.0 Å². The number of fused-ring (bicyclic) bond motifs is 1. The maximum Gasteiger partial charge on any atom is 0.256 e. The lowest BCUT2D eigenvalue weighted by Gasteiger charge is -2.13. The van der Waals surface area contributed by atoms with E-state index in [1.165, 1.54) is 36.4 Å². The molecule has 0 radical (unpaired) electrons. The van der Waals surface area contributed by atoms with E-state index in [9.17, 15) is 17.6 Å². The fourth-order valence-electron chi connectivity index (χ4n) is 3.80. The Morgan fingerprint density at radius 2 is 1.75 bits per heavy atom. The summed E-state index contributed by atoms with van der Waals surface area (Å²) in [6.45, 7) is 0. The summed E-state index contributed by atoms with van der Waals surface area (Å²) in [7, 11) is -3.55. The Labute approximate surface area is 211 Å². The highest BCUT2D eigenvalue weighted by Gasteiger charge is 2.19. The van der Waals surface area contributed by atoms with Crippen molar-refractivity contribution in [3.05, 3.63) is 101 Å². The molecule has 0 fully saturated rings. The summed E-state index contributed by atoms with van der Waals surface area (Å²) in [5.74, 6) is -0.723. The Balaban J connectivity index is 1.53. The average molecular weight is 521 g/mol. The van der Waals surface area contributed by atoms with Crippen molar-refractivity contribution in [1.29, 1.82) is 0 Å². The summed E-state index contributed by atoms with van der Waals surface area (Å²) in [5, 5.41) is 3.19. The molecule has 0 saturated carbocycles. The Bertz CT molecular complexity index is 1720. The zero-order valence-corrected chi connectivity index (χ0v) is 20.4. The van der Waals surface area contributed by atoms with Crippen LogP contribution in [0.4, 0.5) is 10.1 Å². The van der Waals surface area contributed by atoms with Gasteiger partial charge in [0.15, 0.2) is 15.4 Å². The standard InChI is InChI=1S/C27H18ClFN2O4S/c1-36(33,34)19-10-11-20(21(15-19)16-5-4-6-17(29)13-16)26(32)30-18-9-12-23(28)22(14-18)27-31-24-7-2-3-8-25(24)35-27/h2-15H,1H3,(H,30,32). The number of aromatic nitrogens is 1. The van der Waals surface area contributed by atoms with Crippen molar-refractivity contribution in [2.24, 2.45) is 0 Å². The molecule has 0 spiro atoms. The SMILES string of the molecule is CS(=O)(=O)c1ccc(C(=O)Nc2ccc(Cl)c(-c3nc4ccccc4o3)c2)c(-c2cccc(F)c2)c1. The number of hydrogen-bond acceptors (Lipinski definition) is 5. The van der Waals surface area contributed by atoms with Crippen LogP contribution < -0.4 is 5.32 Å². The van der Waals surface area contributed by atoms with E-state index in [4.69, 9.17) is 16.0 Å². The van der Waals surface area contributed by atoms with E-state index >= 15 is 0 Å². The van der Waals surface area contributed by atoms with Gasteiger partial charge in [0.2, 0.25) is 5.89 Å². The number of carbonyl (C=O) groups excluding carboxylic acids is 1. The molecule has 5 aromatic rings. The minimum absolute atomic E-state index is 0.0167. The summed E-state index contributed by atoms with van der Waals surface area (Å²) in [5.41, 5.74) is 3.00. The van der Waals surface area contributed by atoms with Crippen LogP contribution in [0.15, 0.2) is 94.2 Å². The number of para-hydroxylation sites is 2. The molecule has 5 rings (SSSR count). The molecule has 1 aromatic heterocycles. The highest BCUT2D eigenvalue weighted by Crippen LogP contribution is 2.33. The smallest absolute Gasteiger partial charge is 0.256 e. The van der Waals surface area contributed by atoms with Crippen LogP contribution in [-0.2, 0) is 9.84 Å². The number of benzene rings is 4. The monoisotopic (exact) mass is 520 g/mol. The summed E-state index contributed by atoms with van der Waals surface area (Å²) in [6.07, 6.45) is 1.07. The molecule has 1 amide bonds. The van der Waals surface area contributed by atoms with Crippen molar-refractivity contribution in [3.63, 3.8) is 0 Å². The van der Waals surface area contributed by atoms with Gasteiger partial charge >= 0.3 is 0 Å². The third-order valence-corrected chi connectivity index (χ3v) is 6.99. The average Bonchev–Trinajstić information content (AvgIpc) is 3.28. The number of nitrogens with one attached hydrogen (secondary N) is 1. The molecule has 36 heavy (non-hydrogen) atoms. The molecule has 180 valence electrons. The molecule has 0 atom stereocenters. The van der Waals surface area contributed by atoms with Gasteiger partial charge in [0.25, 0.3) is 5.91 Å². The van der Waals surface area contributed by atoms with Crippen LogP contribution in [0, 0.1) is 5.82 Å². The third-order valence-electron chi connectivity index (χ3n) is 5.55. The van der Waals surface area contributed by atoms with E-state index in [0.717, 1.165) is 6.26 Å². The van der Waals surface area contributed by atoms with Gasteiger partial charge in [0, 0.05) is 17.5 Å². The van der Waals surface area contributed by atoms with E-state index in [-0.39, 0.29) is 16.0 Å².